The molecule has 1 fully saturated rings. The second kappa shape index (κ2) is 5.20. The van der Waals surface area contributed by atoms with Gasteiger partial charge in [0.05, 0.1) is 9.90 Å². The maximum Gasteiger partial charge on any atom is 0.256 e. The van der Waals surface area contributed by atoms with Gasteiger partial charge in [-0.3, -0.25) is 4.79 Å². The first kappa shape index (κ1) is 14.4. The van der Waals surface area contributed by atoms with E-state index in [9.17, 15) is 4.79 Å². The van der Waals surface area contributed by atoms with Gasteiger partial charge in [0, 0.05) is 18.5 Å². The van der Waals surface area contributed by atoms with Crippen molar-refractivity contribution >= 4 is 52.0 Å². The molecule has 2 nitrogen and oxygen atoms in total. The molecule has 1 atom stereocenters. The maximum absolute atomic E-state index is 12.4. The molecule has 0 radical (unpaired) electrons. The highest BCUT2D eigenvalue weighted by molar-refractivity contribution is 7.20. The summed E-state index contributed by atoms with van der Waals surface area (Å²) in [6.45, 7) is 5.46. The number of nitrogens with zero attached hydrogens (tertiary/aromatic N) is 1. The predicted molar refractivity (Wildman–Crippen MR) is 78.3 cm³/mol. The van der Waals surface area contributed by atoms with Gasteiger partial charge >= 0.3 is 0 Å². The quantitative estimate of drug-likeness (QED) is 0.694. The van der Waals surface area contributed by atoms with Gasteiger partial charge in [-0.1, -0.05) is 37.0 Å². The molecule has 1 unspecified atom stereocenters. The lowest BCUT2D eigenvalue weighted by molar-refractivity contribution is 0.0594. The van der Waals surface area contributed by atoms with Gasteiger partial charge in [-0.2, -0.15) is 0 Å². The summed E-state index contributed by atoms with van der Waals surface area (Å²) in [7, 11) is 0. The lowest BCUT2D eigenvalue weighted by Gasteiger charge is -2.41. The van der Waals surface area contributed by atoms with Gasteiger partial charge < -0.3 is 4.90 Å². The van der Waals surface area contributed by atoms with Crippen LogP contribution < -0.4 is 0 Å². The number of alkyl halides is 1. The molecule has 6 heteroatoms. The van der Waals surface area contributed by atoms with Crippen LogP contribution in [0.1, 0.15) is 30.6 Å². The highest BCUT2D eigenvalue weighted by atomic mass is 35.5. The number of amides is 1. The Morgan fingerprint density at radius 1 is 1.50 bits per heavy atom. The molecule has 0 saturated carbocycles. The largest absolute Gasteiger partial charge is 0.338 e. The topological polar surface area (TPSA) is 20.3 Å². The molecule has 1 aliphatic heterocycles. The van der Waals surface area contributed by atoms with E-state index in [1.807, 2.05) is 4.90 Å². The zero-order valence-corrected chi connectivity index (χ0v) is 13.3. The summed E-state index contributed by atoms with van der Waals surface area (Å²) >= 11 is 19.4. The fourth-order valence-corrected chi connectivity index (χ4v) is 3.77. The lowest BCUT2D eigenvalue weighted by atomic mass is 9.83. The number of likely N-dealkylation sites (tertiary alicyclic amines) is 1. The van der Waals surface area contributed by atoms with Gasteiger partial charge in [-0.15, -0.1) is 22.9 Å². The molecule has 1 amide bonds. The van der Waals surface area contributed by atoms with Crippen LogP contribution >= 0.6 is 46.1 Å². The number of halogens is 3. The SMILES string of the molecule is CC1(C)CN(C(=O)c2cc(Cl)sc2Cl)CCC1Cl. The third kappa shape index (κ3) is 2.79. The molecule has 0 bridgehead atoms. The molecule has 100 valence electrons. The van der Waals surface area contributed by atoms with Crippen molar-refractivity contribution in [3.05, 3.63) is 20.3 Å². The Balaban J connectivity index is 2.18. The third-order valence-electron chi connectivity index (χ3n) is 3.27. The first-order valence-electron chi connectivity index (χ1n) is 5.69. The van der Waals surface area contributed by atoms with E-state index < -0.39 is 0 Å². The number of carbonyl (C=O) groups excluding carboxylic acids is 1. The molecule has 0 aliphatic carbocycles. The fourth-order valence-electron chi connectivity index (χ4n) is 2.16. The number of hydrogen-bond donors (Lipinski definition) is 0. The van der Waals surface area contributed by atoms with Gasteiger partial charge in [0.15, 0.2) is 0 Å². The monoisotopic (exact) mass is 325 g/mol. The number of piperidine rings is 1. The molecule has 1 aromatic rings. The summed E-state index contributed by atoms with van der Waals surface area (Å²) in [6.07, 6.45) is 0.801. The van der Waals surface area contributed by atoms with Gasteiger partial charge in [0.1, 0.15) is 4.34 Å². The summed E-state index contributed by atoms with van der Waals surface area (Å²) in [5.41, 5.74) is 0.414. The molecule has 1 aromatic heterocycles. The van der Waals surface area contributed by atoms with E-state index in [2.05, 4.69) is 13.8 Å². The summed E-state index contributed by atoms with van der Waals surface area (Å²) in [5, 5.41) is 0.100. The highest BCUT2D eigenvalue weighted by Crippen LogP contribution is 2.36. The minimum absolute atomic E-state index is 0.0557. The predicted octanol–water partition coefficient (Wildman–Crippen LogP) is 4.53. The summed E-state index contributed by atoms with van der Waals surface area (Å²) in [4.78, 5) is 14.2. The van der Waals surface area contributed by atoms with Crippen LogP contribution in [0.25, 0.3) is 0 Å². The number of rotatable bonds is 1. The second-order valence-corrected chi connectivity index (χ2v) is 8.02. The van der Waals surface area contributed by atoms with Crippen LogP contribution in [-0.2, 0) is 0 Å². The van der Waals surface area contributed by atoms with Crippen molar-refractivity contribution < 1.29 is 4.79 Å². The van der Waals surface area contributed by atoms with Crippen LogP contribution in [0.2, 0.25) is 8.67 Å². The third-order valence-corrected chi connectivity index (χ3v) is 5.57. The highest BCUT2D eigenvalue weighted by Gasteiger charge is 2.37. The fraction of sp³-hybridized carbons (Fsp3) is 0.583. The van der Waals surface area contributed by atoms with Crippen LogP contribution in [0.3, 0.4) is 0 Å². The molecule has 18 heavy (non-hydrogen) atoms. The van der Waals surface area contributed by atoms with Gasteiger partial charge in [-0.25, -0.2) is 0 Å². The van der Waals surface area contributed by atoms with Gasteiger partial charge in [0.25, 0.3) is 5.91 Å². The Morgan fingerprint density at radius 2 is 2.17 bits per heavy atom. The normalized spacial score (nSPS) is 23.2. The average Bonchev–Trinajstić information content (AvgIpc) is 2.60. The molecule has 0 N–H and O–H groups in total. The molecule has 1 saturated heterocycles. The zero-order chi connectivity index (χ0) is 13.5. The van der Waals surface area contributed by atoms with Crippen molar-refractivity contribution in [1.82, 2.24) is 4.90 Å². The van der Waals surface area contributed by atoms with Crippen LogP contribution in [0.4, 0.5) is 0 Å². The van der Waals surface area contributed by atoms with Crippen molar-refractivity contribution in [2.75, 3.05) is 13.1 Å². The first-order chi connectivity index (χ1) is 8.31. The molecule has 1 aliphatic rings. The Bertz CT molecular complexity index is 472. The Kier molecular flexibility index (Phi) is 4.17. The Labute approximate surface area is 126 Å². The molecule has 2 rings (SSSR count). The van der Waals surface area contributed by atoms with Crippen molar-refractivity contribution in [1.29, 1.82) is 0 Å². The summed E-state index contributed by atoms with van der Waals surface area (Å²) < 4.78 is 0.991. The van der Waals surface area contributed by atoms with Crippen molar-refractivity contribution in [2.24, 2.45) is 5.41 Å². The molecular weight excluding hydrogens is 313 g/mol. The van der Waals surface area contributed by atoms with E-state index in [4.69, 9.17) is 34.8 Å². The minimum Gasteiger partial charge on any atom is -0.338 e. The molecule has 0 spiro atoms. The van der Waals surface area contributed by atoms with Crippen molar-refractivity contribution in [2.45, 2.75) is 25.6 Å². The van der Waals surface area contributed by atoms with E-state index in [1.54, 1.807) is 6.07 Å². The first-order valence-corrected chi connectivity index (χ1v) is 7.70. The number of hydrogen-bond acceptors (Lipinski definition) is 2. The summed E-state index contributed by atoms with van der Waals surface area (Å²) in [6, 6.07) is 1.64. The van der Waals surface area contributed by atoms with Crippen molar-refractivity contribution in [3.63, 3.8) is 0 Å². The minimum atomic E-state index is -0.0816. The van der Waals surface area contributed by atoms with E-state index in [1.165, 1.54) is 11.3 Å². The van der Waals surface area contributed by atoms with Crippen LogP contribution in [0, 0.1) is 5.41 Å². The van der Waals surface area contributed by atoms with Crippen LogP contribution in [0.5, 0.6) is 0 Å². The van der Waals surface area contributed by atoms with Gasteiger partial charge in [-0.05, 0) is 17.9 Å². The Morgan fingerprint density at radius 3 is 2.67 bits per heavy atom. The zero-order valence-electron chi connectivity index (χ0n) is 10.2. The second-order valence-electron chi connectivity index (χ2n) is 5.21. The van der Waals surface area contributed by atoms with E-state index in [0.29, 0.717) is 27.3 Å². The van der Waals surface area contributed by atoms with E-state index in [-0.39, 0.29) is 16.7 Å². The maximum atomic E-state index is 12.4. The van der Waals surface area contributed by atoms with E-state index in [0.717, 1.165) is 6.42 Å². The standard InChI is InChI=1S/C12H14Cl3NOS/c1-12(2)6-16(4-3-8(12)13)11(17)7-5-9(14)18-10(7)15/h5,8H,3-4,6H2,1-2H3. The Hall–Kier alpha value is 0.0400. The average molecular weight is 327 g/mol. The van der Waals surface area contributed by atoms with E-state index >= 15 is 0 Å². The molecule has 2 heterocycles. The smallest absolute Gasteiger partial charge is 0.256 e. The summed E-state index contributed by atoms with van der Waals surface area (Å²) in [5.74, 6) is -0.0557. The number of carbonyl (C=O) groups is 1. The van der Waals surface area contributed by atoms with Crippen molar-refractivity contribution in [3.8, 4) is 0 Å². The lowest BCUT2D eigenvalue weighted by Crippen LogP contribution is -2.48. The molecule has 0 aromatic carbocycles. The number of thiophene rings is 1. The van der Waals surface area contributed by atoms with Crippen LogP contribution in [-0.4, -0.2) is 29.3 Å². The molecular formula is C12H14Cl3NOS. The van der Waals surface area contributed by atoms with Crippen LogP contribution in [0.15, 0.2) is 6.07 Å². The van der Waals surface area contributed by atoms with Gasteiger partial charge in [0.2, 0.25) is 0 Å².